The van der Waals surface area contributed by atoms with E-state index in [1.807, 2.05) is 31.2 Å². The average Bonchev–Trinajstić information content (AvgIpc) is 2.46. The maximum atomic E-state index is 12.1. The summed E-state index contributed by atoms with van der Waals surface area (Å²) in [6, 6.07) is 13.4. The average molecular weight is 289 g/mol. The lowest BCUT2D eigenvalue weighted by Gasteiger charge is -2.09. The van der Waals surface area contributed by atoms with Crippen LogP contribution in [0.1, 0.15) is 21.5 Å². The third kappa shape index (κ3) is 3.31. The van der Waals surface area contributed by atoms with E-state index in [1.54, 1.807) is 0 Å². The molecule has 0 aliphatic rings. The molecule has 0 saturated carbocycles. The van der Waals surface area contributed by atoms with E-state index in [0.717, 1.165) is 11.1 Å². The Balaban J connectivity index is 2.15. The summed E-state index contributed by atoms with van der Waals surface area (Å²) in [5.74, 6) is 0. The van der Waals surface area contributed by atoms with Crippen LogP contribution in [0.25, 0.3) is 0 Å². The summed E-state index contributed by atoms with van der Waals surface area (Å²) in [7, 11) is -3.57. The first-order valence-corrected chi connectivity index (χ1v) is 7.60. The molecular weight excluding hydrogens is 274 g/mol. The SMILES string of the molecule is Cc1ccccc1CNS(=O)(=O)c1ccc(C=O)cc1. The van der Waals surface area contributed by atoms with Crippen molar-refractivity contribution >= 4 is 16.3 Å². The zero-order valence-electron chi connectivity index (χ0n) is 11.0. The third-order valence-corrected chi connectivity index (χ3v) is 4.46. The summed E-state index contributed by atoms with van der Waals surface area (Å²) in [5.41, 5.74) is 2.41. The van der Waals surface area contributed by atoms with Gasteiger partial charge in [-0.2, -0.15) is 0 Å². The van der Waals surface area contributed by atoms with Crippen LogP contribution in [-0.4, -0.2) is 14.7 Å². The molecule has 0 spiro atoms. The Morgan fingerprint density at radius 3 is 2.30 bits per heavy atom. The molecule has 2 rings (SSSR count). The zero-order chi connectivity index (χ0) is 14.6. The van der Waals surface area contributed by atoms with E-state index < -0.39 is 10.0 Å². The number of aldehydes is 1. The van der Waals surface area contributed by atoms with E-state index in [0.29, 0.717) is 11.8 Å². The molecule has 2 aromatic rings. The van der Waals surface area contributed by atoms with Crippen LogP contribution in [0.5, 0.6) is 0 Å². The predicted molar refractivity (Wildman–Crippen MR) is 77.0 cm³/mol. The number of nitrogens with one attached hydrogen (secondary N) is 1. The largest absolute Gasteiger partial charge is 0.298 e. The van der Waals surface area contributed by atoms with Crippen LogP contribution in [0, 0.1) is 6.92 Å². The highest BCUT2D eigenvalue weighted by atomic mass is 32.2. The lowest BCUT2D eigenvalue weighted by molar-refractivity contribution is 0.112. The Labute approximate surface area is 118 Å². The van der Waals surface area contributed by atoms with E-state index >= 15 is 0 Å². The second-order valence-corrected chi connectivity index (χ2v) is 6.20. The van der Waals surface area contributed by atoms with E-state index in [-0.39, 0.29) is 11.4 Å². The summed E-state index contributed by atoms with van der Waals surface area (Å²) in [5, 5.41) is 0. The summed E-state index contributed by atoms with van der Waals surface area (Å²) in [4.78, 5) is 10.7. The first kappa shape index (κ1) is 14.4. The summed E-state index contributed by atoms with van der Waals surface area (Å²) >= 11 is 0. The molecule has 0 atom stereocenters. The molecule has 5 heteroatoms. The lowest BCUT2D eigenvalue weighted by atomic mass is 10.1. The number of carbonyl (C=O) groups excluding carboxylic acids is 1. The van der Waals surface area contributed by atoms with E-state index in [9.17, 15) is 13.2 Å². The number of hydrogen-bond acceptors (Lipinski definition) is 3. The summed E-state index contributed by atoms with van der Waals surface area (Å²) in [6.45, 7) is 2.17. The van der Waals surface area contributed by atoms with Gasteiger partial charge in [-0.15, -0.1) is 0 Å². The summed E-state index contributed by atoms with van der Waals surface area (Å²) < 4.78 is 26.8. The predicted octanol–water partition coefficient (Wildman–Crippen LogP) is 2.29. The van der Waals surface area contributed by atoms with Crippen LogP contribution >= 0.6 is 0 Å². The lowest BCUT2D eigenvalue weighted by Crippen LogP contribution is -2.23. The van der Waals surface area contributed by atoms with Gasteiger partial charge in [0.1, 0.15) is 6.29 Å². The monoisotopic (exact) mass is 289 g/mol. The molecule has 0 radical (unpaired) electrons. The van der Waals surface area contributed by atoms with Gasteiger partial charge in [-0.25, -0.2) is 13.1 Å². The standard InChI is InChI=1S/C15H15NO3S/c1-12-4-2-3-5-14(12)10-16-20(18,19)15-8-6-13(11-17)7-9-15/h2-9,11,16H,10H2,1H3. The molecule has 0 aromatic heterocycles. The van der Waals surface area contributed by atoms with Gasteiger partial charge in [0.2, 0.25) is 10.0 Å². The van der Waals surface area contributed by atoms with E-state index in [1.165, 1.54) is 24.3 Å². The van der Waals surface area contributed by atoms with Gasteiger partial charge in [0, 0.05) is 12.1 Å². The normalized spacial score (nSPS) is 11.2. The smallest absolute Gasteiger partial charge is 0.240 e. The number of carbonyl (C=O) groups is 1. The Bertz CT molecular complexity index is 706. The quantitative estimate of drug-likeness (QED) is 0.859. The molecule has 0 fully saturated rings. The summed E-state index contributed by atoms with van der Waals surface area (Å²) in [6.07, 6.45) is 0.678. The first-order valence-electron chi connectivity index (χ1n) is 6.12. The molecule has 20 heavy (non-hydrogen) atoms. The van der Waals surface area contributed by atoms with Crippen molar-refractivity contribution in [2.24, 2.45) is 0 Å². The van der Waals surface area contributed by atoms with Crippen LogP contribution in [0.15, 0.2) is 53.4 Å². The van der Waals surface area contributed by atoms with Crippen molar-refractivity contribution in [2.75, 3.05) is 0 Å². The van der Waals surface area contributed by atoms with E-state index in [4.69, 9.17) is 0 Å². The first-order chi connectivity index (χ1) is 9.53. The minimum Gasteiger partial charge on any atom is -0.298 e. The maximum Gasteiger partial charge on any atom is 0.240 e. The van der Waals surface area contributed by atoms with Gasteiger partial charge in [-0.3, -0.25) is 4.79 Å². The van der Waals surface area contributed by atoms with Gasteiger partial charge < -0.3 is 0 Å². The van der Waals surface area contributed by atoms with Gasteiger partial charge in [-0.05, 0) is 30.2 Å². The van der Waals surface area contributed by atoms with Gasteiger partial charge in [0.25, 0.3) is 0 Å². The van der Waals surface area contributed by atoms with Crippen molar-refractivity contribution in [3.8, 4) is 0 Å². The number of benzene rings is 2. The minimum atomic E-state index is -3.57. The highest BCUT2D eigenvalue weighted by Gasteiger charge is 2.13. The molecule has 1 N–H and O–H groups in total. The molecule has 0 aliphatic carbocycles. The Morgan fingerprint density at radius 2 is 1.70 bits per heavy atom. The molecule has 0 unspecified atom stereocenters. The van der Waals surface area contributed by atoms with Crippen molar-refractivity contribution < 1.29 is 13.2 Å². The fourth-order valence-electron chi connectivity index (χ4n) is 1.79. The molecule has 0 aliphatic heterocycles. The van der Waals surface area contributed by atoms with Crippen LogP contribution in [-0.2, 0) is 16.6 Å². The highest BCUT2D eigenvalue weighted by molar-refractivity contribution is 7.89. The Hall–Kier alpha value is -1.98. The Morgan fingerprint density at radius 1 is 1.05 bits per heavy atom. The van der Waals surface area contributed by atoms with Crippen molar-refractivity contribution in [3.63, 3.8) is 0 Å². The molecular formula is C15H15NO3S. The van der Waals surface area contributed by atoms with Crippen molar-refractivity contribution in [3.05, 3.63) is 65.2 Å². The second kappa shape index (κ2) is 5.98. The zero-order valence-corrected chi connectivity index (χ0v) is 11.9. The topological polar surface area (TPSA) is 63.2 Å². The van der Waals surface area contributed by atoms with Crippen molar-refractivity contribution in [2.45, 2.75) is 18.4 Å². The van der Waals surface area contributed by atoms with Crippen LogP contribution in [0.4, 0.5) is 0 Å². The fourth-order valence-corrected chi connectivity index (χ4v) is 2.80. The Kier molecular flexibility index (Phi) is 4.32. The maximum absolute atomic E-state index is 12.1. The van der Waals surface area contributed by atoms with Crippen LogP contribution in [0.2, 0.25) is 0 Å². The number of rotatable bonds is 5. The molecule has 104 valence electrons. The number of hydrogen-bond donors (Lipinski definition) is 1. The fraction of sp³-hybridized carbons (Fsp3) is 0.133. The third-order valence-electron chi connectivity index (χ3n) is 3.04. The number of sulfonamides is 1. The van der Waals surface area contributed by atoms with Gasteiger partial charge in [0.05, 0.1) is 4.90 Å². The molecule has 2 aromatic carbocycles. The molecule has 0 heterocycles. The van der Waals surface area contributed by atoms with E-state index in [2.05, 4.69) is 4.72 Å². The molecule has 0 saturated heterocycles. The van der Waals surface area contributed by atoms with Gasteiger partial charge in [-0.1, -0.05) is 36.4 Å². The molecule has 0 amide bonds. The second-order valence-electron chi connectivity index (χ2n) is 4.44. The molecule has 4 nitrogen and oxygen atoms in total. The van der Waals surface area contributed by atoms with Crippen molar-refractivity contribution in [1.29, 1.82) is 0 Å². The molecule has 0 bridgehead atoms. The van der Waals surface area contributed by atoms with Crippen LogP contribution in [0.3, 0.4) is 0 Å². The highest BCUT2D eigenvalue weighted by Crippen LogP contribution is 2.12. The van der Waals surface area contributed by atoms with Crippen LogP contribution < -0.4 is 4.72 Å². The van der Waals surface area contributed by atoms with Gasteiger partial charge >= 0.3 is 0 Å². The van der Waals surface area contributed by atoms with Crippen molar-refractivity contribution in [1.82, 2.24) is 4.72 Å². The number of aryl methyl sites for hydroxylation is 1. The minimum absolute atomic E-state index is 0.150. The van der Waals surface area contributed by atoms with Gasteiger partial charge in [0.15, 0.2) is 0 Å².